The summed E-state index contributed by atoms with van der Waals surface area (Å²) in [5.74, 6) is 1.61. The van der Waals surface area contributed by atoms with Crippen molar-refractivity contribution in [2.45, 2.75) is 42.3 Å². The molecule has 2 aromatic rings. The van der Waals surface area contributed by atoms with Crippen molar-refractivity contribution in [3.05, 3.63) is 34.6 Å². The van der Waals surface area contributed by atoms with Crippen LogP contribution in [0.25, 0.3) is 0 Å². The van der Waals surface area contributed by atoms with Crippen LogP contribution in [0.4, 0.5) is 0 Å². The lowest BCUT2D eigenvalue weighted by molar-refractivity contribution is 0.590. The van der Waals surface area contributed by atoms with Crippen molar-refractivity contribution < 1.29 is 8.42 Å². The van der Waals surface area contributed by atoms with Gasteiger partial charge in [-0.25, -0.2) is 8.42 Å². The molecule has 1 aliphatic heterocycles. The van der Waals surface area contributed by atoms with Gasteiger partial charge in [-0.15, -0.1) is 10.2 Å². The second-order valence-electron chi connectivity index (χ2n) is 5.48. The minimum Gasteiger partial charge on any atom is -0.306 e. The maximum Gasteiger partial charge on any atom is 0.191 e. The molecule has 0 fully saturated rings. The molecule has 0 unspecified atom stereocenters. The third kappa shape index (κ3) is 4.16. The van der Waals surface area contributed by atoms with Crippen molar-refractivity contribution in [3.63, 3.8) is 0 Å². The fraction of sp³-hybridized carbons (Fsp3) is 0.467. The Morgan fingerprint density at radius 3 is 2.70 bits per heavy atom. The standard InChI is InChI=1S/C15H18BrN3O2S2/c16-12-5-7-13(8-6-12)23(20,21)11-10-22-15-18-17-14-4-2-1-3-9-19(14)15/h5-8H,1-4,9-11H2. The molecular formula is C15H18BrN3O2S2. The van der Waals surface area contributed by atoms with Crippen LogP contribution >= 0.6 is 27.7 Å². The van der Waals surface area contributed by atoms with Gasteiger partial charge in [-0.2, -0.15) is 0 Å². The zero-order valence-corrected chi connectivity index (χ0v) is 15.8. The lowest BCUT2D eigenvalue weighted by Crippen LogP contribution is -2.10. The first kappa shape index (κ1) is 17.0. The molecule has 1 aromatic carbocycles. The molecule has 3 rings (SSSR count). The van der Waals surface area contributed by atoms with E-state index in [2.05, 4.69) is 30.7 Å². The average Bonchev–Trinajstić information content (AvgIpc) is 2.76. The van der Waals surface area contributed by atoms with Crippen LogP contribution in [0.5, 0.6) is 0 Å². The fourth-order valence-electron chi connectivity index (χ4n) is 2.57. The zero-order valence-electron chi connectivity index (χ0n) is 12.6. The van der Waals surface area contributed by atoms with E-state index in [9.17, 15) is 8.42 Å². The van der Waals surface area contributed by atoms with E-state index in [1.54, 1.807) is 24.3 Å². The van der Waals surface area contributed by atoms with Gasteiger partial charge in [0.05, 0.1) is 10.6 Å². The van der Waals surface area contributed by atoms with E-state index in [0.29, 0.717) is 10.6 Å². The fourth-order valence-corrected chi connectivity index (χ4v) is 5.46. The molecule has 1 aromatic heterocycles. The number of halogens is 1. The number of aryl methyl sites for hydroxylation is 1. The quantitative estimate of drug-likeness (QED) is 0.700. The zero-order chi connectivity index (χ0) is 16.3. The van der Waals surface area contributed by atoms with Gasteiger partial charge in [0.15, 0.2) is 15.0 Å². The number of nitrogens with zero attached hydrogens (tertiary/aromatic N) is 3. The van der Waals surface area contributed by atoms with Crippen molar-refractivity contribution in [2.24, 2.45) is 0 Å². The van der Waals surface area contributed by atoms with E-state index in [0.717, 1.165) is 41.3 Å². The monoisotopic (exact) mass is 415 g/mol. The predicted molar refractivity (Wildman–Crippen MR) is 94.5 cm³/mol. The summed E-state index contributed by atoms with van der Waals surface area (Å²) in [5, 5.41) is 9.30. The lowest BCUT2D eigenvalue weighted by atomic mass is 10.2. The summed E-state index contributed by atoms with van der Waals surface area (Å²) in [4.78, 5) is 0.362. The van der Waals surface area contributed by atoms with Crippen molar-refractivity contribution in [2.75, 3.05) is 11.5 Å². The van der Waals surface area contributed by atoms with Crippen LogP contribution in [0, 0.1) is 0 Å². The van der Waals surface area contributed by atoms with E-state index in [1.807, 2.05) is 0 Å². The predicted octanol–water partition coefficient (Wildman–Crippen LogP) is 3.33. The Bertz CT molecular complexity index is 773. The van der Waals surface area contributed by atoms with E-state index < -0.39 is 9.84 Å². The first-order valence-electron chi connectivity index (χ1n) is 7.59. The molecule has 124 valence electrons. The first-order chi connectivity index (χ1) is 11.1. The Morgan fingerprint density at radius 2 is 1.91 bits per heavy atom. The molecule has 0 spiro atoms. The van der Waals surface area contributed by atoms with Crippen molar-refractivity contribution in [3.8, 4) is 0 Å². The molecule has 0 N–H and O–H groups in total. The molecule has 8 heteroatoms. The van der Waals surface area contributed by atoms with Crippen molar-refractivity contribution in [1.82, 2.24) is 14.8 Å². The highest BCUT2D eigenvalue weighted by molar-refractivity contribution is 9.10. The maximum absolute atomic E-state index is 12.3. The van der Waals surface area contributed by atoms with Gasteiger partial charge < -0.3 is 4.57 Å². The minimum absolute atomic E-state index is 0.0987. The number of benzene rings is 1. The van der Waals surface area contributed by atoms with E-state index in [1.165, 1.54) is 18.2 Å². The highest BCUT2D eigenvalue weighted by Crippen LogP contribution is 2.23. The molecule has 2 heterocycles. The third-order valence-corrected chi connectivity index (χ3v) is 7.32. The van der Waals surface area contributed by atoms with Gasteiger partial charge in [0.2, 0.25) is 0 Å². The molecule has 0 saturated carbocycles. The van der Waals surface area contributed by atoms with Crippen LogP contribution in [-0.2, 0) is 22.8 Å². The molecule has 0 bridgehead atoms. The largest absolute Gasteiger partial charge is 0.306 e. The highest BCUT2D eigenvalue weighted by Gasteiger charge is 2.18. The van der Waals surface area contributed by atoms with Gasteiger partial charge >= 0.3 is 0 Å². The summed E-state index contributed by atoms with van der Waals surface area (Å²) in [6.07, 6.45) is 4.46. The molecular weight excluding hydrogens is 398 g/mol. The normalized spacial score (nSPS) is 15.2. The first-order valence-corrected chi connectivity index (χ1v) is 11.0. The SMILES string of the molecule is O=S(=O)(CCSc1nnc2n1CCCCC2)c1ccc(Br)cc1. The van der Waals surface area contributed by atoms with E-state index >= 15 is 0 Å². The van der Waals surface area contributed by atoms with Gasteiger partial charge in [-0.3, -0.25) is 0 Å². The molecule has 0 aliphatic carbocycles. The Hall–Kier alpha value is -0.860. The van der Waals surface area contributed by atoms with Crippen molar-refractivity contribution >= 4 is 37.5 Å². The molecule has 1 aliphatic rings. The number of aromatic nitrogens is 3. The molecule has 0 saturated heterocycles. The van der Waals surface area contributed by atoms with E-state index in [4.69, 9.17) is 0 Å². The molecule has 0 atom stereocenters. The molecule has 0 radical (unpaired) electrons. The Balaban J connectivity index is 1.63. The summed E-state index contributed by atoms with van der Waals surface area (Å²) in [5.41, 5.74) is 0. The van der Waals surface area contributed by atoms with Gasteiger partial charge in [-0.1, -0.05) is 34.1 Å². The Kier molecular flexibility index (Phi) is 5.43. The summed E-state index contributed by atoms with van der Waals surface area (Å²) in [6, 6.07) is 6.76. The maximum atomic E-state index is 12.3. The lowest BCUT2D eigenvalue weighted by Gasteiger charge is -2.07. The summed E-state index contributed by atoms with van der Waals surface area (Å²) in [6.45, 7) is 0.935. The van der Waals surface area contributed by atoms with Crippen LogP contribution in [-0.4, -0.2) is 34.7 Å². The summed E-state index contributed by atoms with van der Waals surface area (Å²) in [7, 11) is -3.26. The van der Waals surface area contributed by atoms with Crippen LogP contribution < -0.4 is 0 Å². The van der Waals surface area contributed by atoms with Crippen LogP contribution in [0.1, 0.15) is 25.1 Å². The van der Waals surface area contributed by atoms with Crippen LogP contribution in [0.3, 0.4) is 0 Å². The number of hydrogen-bond acceptors (Lipinski definition) is 5. The van der Waals surface area contributed by atoms with Gasteiger partial charge in [0, 0.05) is 23.2 Å². The minimum atomic E-state index is -3.26. The Labute approximate surface area is 148 Å². The molecule has 0 amide bonds. The van der Waals surface area contributed by atoms with Crippen LogP contribution in [0.15, 0.2) is 38.8 Å². The molecule has 5 nitrogen and oxygen atoms in total. The van der Waals surface area contributed by atoms with E-state index in [-0.39, 0.29) is 5.75 Å². The number of thioether (sulfide) groups is 1. The van der Waals surface area contributed by atoms with Gasteiger partial charge in [0.1, 0.15) is 5.82 Å². The summed E-state index contributed by atoms with van der Waals surface area (Å²) < 4.78 is 27.7. The number of rotatable bonds is 5. The van der Waals surface area contributed by atoms with Gasteiger partial charge in [0.25, 0.3) is 0 Å². The second-order valence-corrected chi connectivity index (χ2v) is 9.57. The Morgan fingerprint density at radius 1 is 1.13 bits per heavy atom. The van der Waals surface area contributed by atoms with Crippen molar-refractivity contribution in [1.29, 1.82) is 0 Å². The average molecular weight is 416 g/mol. The highest BCUT2D eigenvalue weighted by atomic mass is 79.9. The molecule has 23 heavy (non-hydrogen) atoms. The number of hydrogen-bond donors (Lipinski definition) is 0. The second kappa shape index (κ2) is 7.36. The number of fused-ring (bicyclic) bond motifs is 1. The topological polar surface area (TPSA) is 64.8 Å². The van der Waals surface area contributed by atoms with Gasteiger partial charge in [-0.05, 0) is 37.1 Å². The smallest absolute Gasteiger partial charge is 0.191 e. The number of sulfone groups is 1. The third-order valence-electron chi connectivity index (χ3n) is 3.83. The summed E-state index contributed by atoms with van der Waals surface area (Å²) >= 11 is 4.79. The van der Waals surface area contributed by atoms with Crippen LogP contribution in [0.2, 0.25) is 0 Å².